The monoisotopic (exact) mass is 635 g/mol. The number of amides is 2. The second kappa shape index (κ2) is 10.6. The number of imide groups is 1. The van der Waals surface area contributed by atoms with Crippen molar-refractivity contribution >= 4 is 45.2 Å². The van der Waals surface area contributed by atoms with E-state index in [0.29, 0.717) is 5.69 Å². The molecule has 0 radical (unpaired) electrons. The SMILES string of the molecule is Cc1ccc(C2=C(c3ccc(C)cc3)[C@@]3(c4ccccc4)C(=O)[C@@]2(c2ccccc2)[C@@H]2C(=O)N(c4cccc5ccccc45)C(=O)[C@@H]23)cc1. The first kappa shape index (κ1) is 29.3. The smallest absolute Gasteiger partial charge is 0.239 e. The lowest BCUT2D eigenvalue weighted by Gasteiger charge is -2.39. The van der Waals surface area contributed by atoms with Crippen LogP contribution in [0.15, 0.2) is 152 Å². The normalized spacial score (nSPS) is 24.3. The number of Topliss-reactive ketones (excluding diaryl/α,β-unsaturated/α-hetero) is 1. The molecule has 1 saturated heterocycles. The van der Waals surface area contributed by atoms with E-state index in [0.717, 1.165) is 55.3 Å². The molecule has 4 heteroatoms. The zero-order valence-corrected chi connectivity index (χ0v) is 27.3. The van der Waals surface area contributed by atoms with Crippen molar-refractivity contribution < 1.29 is 14.4 Å². The molecule has 1 heterocycles. The number of fused-ring (bicyclic) bond motifs is 6. The van der Waals surface area contributed by atoms with Gasteiger partial charge in [0.1, 0.15) is 0 Å². The molecule has 4 atom stereocenters. The van der Waals surface area contributed by atoms with Crippen molar-refractivity contribution in [2.75, 3.05) is 4.90 Å². The van der Waals surface area contributed by atoms with E-state index in [1.165, 1.54) is 4.90 Å². The Labute approximate surface area is 285 Å². The molecule has 4 nitrogen and oxygen atoms in total. The minimum atomic E-state index is -1.43. The van der Waals surface area contributed by atoms with Gasteiger partial charge in [-0.05, 0) is 58.7 Å². The average molecular weight is 636 g/mol. The first-order valence-corrected chi connectivity index (χ1v) is 16.8. The molecule has 6 aromatic carbocycles. The lowest BCUT2D eigenvalue weighted by atomic mass is 9.59. The second-order valence-electron chi connectivity index (χ2n) is 13.6. The number of carbonyl (C=O) groups is 3. The first-order valence-electron chi connectivity index (χ1n) is 16.8. The van der Waals surface area contributed by atoms with Gasteiger partial charge in [-0.1, -0.05) is 157 Å². The van der Waals surface area contributed by atoms with Crippen molar-refractivity contribution in [1.82, 2.24) is 0 Å². The zero-order valence-electron chi connectivity index (χ0n) is 27.3. The van der Waals surface area contributed by atoms with Gasteiger partial charge in [-0.25, -0.2) is 4.90 Å². The molecule has 1 saturated carbocycles. The number of hydrogen-bond acceptors (Lipinski definition) is 3. The van der Waals surface area contributed by atoms with Crippen LogP contribution in [0.2, 0.25) is 0 Å². The highest BCUT2D eigenvalue weighted by Crippen LogP contribution is 2.74. The topological polar surface area (TPSA) is 54.5 Å². The molecule has 0 aromatic heterocycles. The number of aryl methyl sites for hydroxylation is 2. The fourth-order valence-corrected chi connectivity index (χ4v) is 9.21. The van der Waals surface area contributed by atoms with Crippen molar-refractivity contribution in [2.45, 2.75) is 24.7 Å². The molecule has 6 aromatic rings. The van der Waals surface area contributed by atoms with Crippen molar-refractivity contribution in [1.29, 1.82) is 0 Å². The highest BCUT2D eigenvalue weighted by molar-refractivity contribution is 6.39. The third kappa shape index (κ3) is 3.72. The highest BCUT2D eigenvalue weighted by atomic mass is 16.2. The maximum absolute atomic E-state index is 16.1. The maximum Gasteiger partial charge on any atom is 0.239 e. The van der Waals surface area contributed by atoms with Crippen LogP contribution >= 0.6 is 0 Å². The second-order valence-corrected chi connectivity index (χ2v) is 13.6. The molecule has 2 amide bonds. The lowest BCUT2D eigenvalue weighted by Crippen LogP contribution is -2.45. The van der Waals surface area contributed by atoms with Gasteiger partial charge in [0.25, 0.3) is 0 Å². The predicted octanol–water partition coefficient (Wildman–Crippen LogP) is 8.65. The van der Waals surface area contributed by atoms with E-state index in [4.69, 9.17) is 0 Å². The van der Waals surface area contributed by atoms with Gasteiger partial charge in [-0.3, -0.25) is 14.4 Å². The number of hydrogen-bond donors (Lipinski definition) is 0. The first-order chi connectivity index (χ1) is 23.9. The third-order valence-corrected chi connectivity index (χ3v) is 11.1. The Morgan fingerprint density at radius 2 is 0.898 bits per heavy atom. The summed E-state index contributed by atoms with van der Waals surface area (Å²) < 4.78 is 0. The van der Waals surface area contributed by atoms with Crippen LogP contribution in [0.3, 0.4) is 0 Å². The van der Waals surface area contributed by atoms with E-state index in [-0.39, 0.29) is 17.6 Å². The van der Waals surface area contributed by atoms with Gasteiger partial charge in [0.15, 0.2) is 5.78 Å². The minimum Gasteiger partial charge on any atom is -0.297 e. The number of allylic oxidation sites excluding steroid dienone is 2. The fraction of sp³-hybridized carbons (Fsp3) is 0.133. The number of anilines is 1. The van der Waals surface area contributed by atoms with Crippen molar-refractivity contribution in [3.8, 4) is 0 Å². The Bertz CT molecular complexity index is 2230. The zero-order chi connectivity index (χ0) is 33.5. The number of carbonyl (C=O) groups excluding carboxylic acids is 3. The number of ketones is 1. The summed E-state index contributed by atoms with van der Waals surface area (Å²) >= 11 is 0. The Morgan fingerprint density at radius 3 is 1.39 bits per heavy atom. The molecule has 2 aliphatic carbocycles. The van der Waals surface area contributed by atoms with Gasteiger partial charge in [0.2, 0.25) is 11.8 Å². The van der Waals surface area contributed by atoms with E-state index in [1.807, 2.05) is 117 Å². The summed E-state index contributed by atoms with van der Waals surface area (Å²) in [5.74, 6) is -2.71. The summed E-state index contributed by atoms with van der Waals surface area (Å²) in [5, 5.41) is 1.75. The Hall–Kier alpha value is -5.87. The third-order valence-electron chi connectivity index (χ3n) is 11.1. The van der Waals surface area contributed by atoms with Gasteiger partial charge >= 0.3 is 0 Å². The highest BCUT2D eigenvalue weighted by Gasteiger charge is 2.82. The average Bonchev–Trinajstić information content (AvgIpc) is 3.65. The quantitative estimate of drug-likeness (QED) is 0.178. The van der Waals surface area contributed by atoms with Crippen LogP contribution in [0.1, 0.15) is 33.4 Å². The molecule has 236 valence electrons. The van der Waals surface area contributed by atoms with Crippen LogP contribution in [0.4, 0.5) is 5.69 Å². The van der Waals surface area contributed by atoms with E-state index in [9.17, 15) is 0 Å². The molecule has 1 aliphatic heterocycles. The maximum atomic E-state index is 16.1. The predicted molar refractivity (Wildman–Crippen MR) is 194 cm³/mol. The standard InChI is InChI=1S/C45H33NO3/c1-28-20-24-31(25-21-28)37-38(32-26-22-29(2)23-27-32)45(34-16-7-4-8-17-34)40-39(44(37,43(45)49)33-14-5-3-6-15-33)41(47)46(42(40)48)36-19-11-13-30-12-9-10-18-35(30)36/h3-27,39-40H,1-2H3/t39-,40+,44-,45-/m1/s1. The van der Waals surface area contributed by atoms with Gasteiger partial charge < -0.3 is 0 Å². The van der Waals surface area contributed by atoms with Gasteiger partial charge in [0.05, 0.1) is 28.4 Å². The summed E-state index contributed by atoms with van der Waals surface area (Å²) in [5.41, 5.74) is 4.69. The summed E-state index contributed by atoms with van der Waals surface area (Å²) in [7, 11) is 0. The molecule has 9 rings (SSSR count). The van der Waals surface area contributed by atoms with E-state index in [1.54, 1.807) is 0 Å². The van der Waals surface area contributed by atoms with E-state index < -0.39 is 22.7 Å². The molecular formula is C45H33NO3. The molecular weight excluding hydrogens is 602 g/mol. The summed E-state index contributed by atoms with van der Waals surface area (Å²) in [6, 6.07) is 49.4. The largest absolute Gasteiger partial charge is 0.297 e. The summed E-state index contributed by atoms with van der Waals surface area (Å²) in [4.78, 5) is 48.3. The number of benzene rings is 6. The molecule has 0 unspecified atom stereocenters. The Kier molecular flexibility index (Phi) is 6.31. The van der Waals surface area contributed by atoms with Crippen molar-refractivity contribution in [3.05, 3.63) is 185 Å². The van der Waals surface area contributed by atoms with Crippen LogP contribution in [-0.4, -0.2) is 17.6 Å². The van der Waals surface area contributed by atoms with Gasteiger partial charge in [-0.15, -0.1) is 0 Å². The van der Waals surface area contributed by atoms with E-state index >= 15 is 14.4 Å². The number of nitrogens with zero attached hydrogens (tertiary/aromatic N) is 1. The summed E-state index contributed by atoms with van der Waals surface area (Å²) in [6.45, 7) is 4.08. The molecule has 0 N–H and O–H groups in total. The Balaban J connectivity index is 1.45. The lowest BCUT2D eigenvalue weighted by molar-refractivity contribution is -0.130. The summed E-state index contributed by atoms with van der Waals surface area (Å²) in [6.07, 6.45) is 0. The molecule has 3 aliphatic rings. The van der Waals surface area contributed by atoms with Crippen LogP contribution in [0, 0.1) is 25.7 Å². The molecule has 2 bridgehead atoms. The van der Waals surface area contributed by atoms with Crippen LogP contribution in [0.25, 0.3) is 21.9 Å². The minimum absolute atomic E-state index is 0.113. The van der Waals surface area contributed by atoms with Gasteiger partial charge in [0, 0.05) is 5.39 Å². The molecule has 2 fully saturated rings. The van der Waals surface area contributed by atoms with Crippen molar-refractivity contribution in [2.24, 2.45) is 11.8 Å². The van der Waals surface area contributed by atoms with Gasteiger partial charge in [-0.2, -0.15) is 0 Å². The van der Waals surface area contributed by atoms with Crippen molar-refractivity contribution in [3.63, 3.8) is 0 Å². The molecule has 49 heavy (non-hydrogen) atoms. The number of rotatable bonds is 5. The van der Waals surface area contributed by atoms with Crippen LogP contribution in [-0.2, 0) is 25.2 Å². The molecule has 0 spiro atoms. The fourth-order valence-electron chi connectivity index (χ4n) is 9.21. The Morgan fingerprint density at radius 1 is 0.469 bits per heavy atom. The van der Waals surface area contributed by atoms with Crippen LogP contribution < -0.4 is 4.90 Å². The van der Waals surface area contributed by atoms with E-state index in [2.05, 4.69) is 48.5 Å². The van der Waals surface area contributed by atoms with Crippen LogP contribution in [0.5, 0.6) is 0 Å².